The number of ether oxygens (including phenoxy) is 1. The molecule has 0 aromatic heterocycles. The molecule has 106 valence electrons. The Balaban J connectivity index is 0.000000148. The van der Waals surface area contributed by atoms with E-state index >= 15 is 0 Å². The Labute approximate surface area is 121 Å². The molecule has 2 aliphatic heterocycles. The molecule has 1 aromatic carbocycles. The van der Waals surface area contributed by atoms with Crippen molar-refractivity contribution in [1.29, 1.82) is 0 Å². The van der Waals surface area contributed by atoms with E-state index in [1.54, 1.807) is 0 Å². The Kier molecular flexibility index (Phi) is 5.28. The lowest BCUT2D eigenvalue weighted by atomic mass is 10.0. The van der Waals surface area contributed by atoms with Crippen LogP contribution in [0.1, 0.15) is 18.4 Å². The first-order valence-corrected chi connectivity index (χ1v) is 7.39. The highest BCUT2D eigenvalue weighted by Gasteiger charge is 2.40. The summed E-state index contributed by atoms with van der Waals surface area (Å²) in [5.74, 6) is 0. The van der Waals surface area contributed by atoms with Gasteiger partial charge in [0.05, 0.1) is 6.61 Å². The van der Waals surface area contributed by atoms with Gasteiger partial charge in [0, 0.05) is 24.3 Å². The van der Waals surface area contributed by atoms with Gasteiger partial charge in [0.2, 0.25) is 0 Å². The van der Waals surface area contributed by atoms with Gasteiger partial charge in [-0.2, -0.15) is 0 Å². The Hall–Kier alpha value is -0.550. The lowest BCUT2D eigenvalue weighted by Crippen LogP contribution is -2.50. The van der Waals surface area contributed by atoms with Crippen LogP contribution in [-0.2, 0) is 4.74 Å². The number of piperidine rings is 1. The average molecular weight is 280 g/mol. The summed E-state index contributed by atoms with van der Waals surface area (Å²) >= 11 is 4.13. The summed E-state index contributed by atoms with van der Waals surface area (Å²) in [6, 6.07) is 8.06. The van der Waals surface area contributed by atoms with Crippen LogP contribution in [0.15, 0.2) is 29.2 Å². The maximum absolute atomic E-state index is 5.78. The Morgan fingerprint density at radius 2 is 1.84 bits per heavy atom. The molecule has 2 aliphatic rings. The van der Waals surface area contributed by atoms with Gasteiger partial charge in [0.1, 0.15) is 5.72 Å². The zero-order valence-electron chi connectivity index (χ0n) is 11.9. The first-order chi connectivity index (χ1) is 9.12. The molecule has 3 nitrogen and oxygen atoms in total. The van der Waals surface area contributed by atoms with Crippen molar-refractivity contribution in [3.05, 3.63) is 29.8 Å². The van der Waals surface area contributed by atoms with Crippen molar-refractivity contribution < 1.29 is 4.74 Å². The second kappa shape index (κ2) is 6.75. The van der Waals surface area contributed by atoms with E-state index in [9.17, 15) is 0 Å². The predicted molar refractivity (Wildman–Crippen MR) is 81.8 cm³/mol. The second-order valence-electron chi connectivity index (χ2n) is 5.30. The molecule has 0 radical (unpaired) electrons. The first kappa shape index (κ1) is 14.9. The third-order valence-electron chi connectivity index (χ3n) is 3.91. The average Bonchev–Trinajstić information content (AvgIpc) is 2.76. The number of hydrogen-bond donors (Lipinski definition) is 2. The van der Waals surface area contributed by atoms with Crippen LogP contribution in [0.2, 0.25) is 0 Å². The van der Waals surface area contributed by atoms with Crippen LogP contribution < -0.4 is 5.32 Å². The molecule has 4 heteroatoms. The molecule has 0 amide bonds. The smallest absolute Gasteiger partial charge is 0.124 e. The van der Waals surface area contributed by atoms with Crippen LogP contribution in [0, 0.1) is 6.92 Å². The summed E-state index contributed by atoms with van der Waals surface area (Å²) in [6.45, 7) is 6.28. The van der Waals surface area contributed by atoms with Crippen LogP contribution in [0.5, 0.6) is 0 Å². The molecule has 1 N–H and O–H groups in total. The maximum atomic E-state index is 5.78. The van der Waals surface area contributed by atoms with E-state index in [1.165, 1.54) is 5.56 Å². The van der Waals surface area contributed by atoms with Crippen molar-refractivity contribution in [2.75, 3.05) is 33.3 Å². The van der Waals surface area contributed by atoms with Crippen LogP contribution in [-0.4, -0.2) is 43.9 Å². The van der Waals surface area contributed by atoms with Gasteiger partial charge < -0.3 is 10.1 Å². The van der Waals surface area contributed by atoms with Crippen LogP contribution in [0.3, 0.4) is 0 Å². The zero-order valence-corrected chi connectivity index (χ0v) is 12.7. The van der Waals surface area contributed by atoms with Gasteiger partial charge in [-0.15, -0.1) is 12.6 Å². The summed E-state index contributed by atoms with van der Waals surface area (Å²) in [6.07, 6.45) is 2.28. The third-order valence-corrected chi connectivity index (χ3v) is 4.21. The van der Waals surface area contributed by atoms with Crippen LogP contribution >= 0.6 is 12.6 Å². The normalized spacial score (nSPS) is 22.1. The standard InChI is InChI=1S/C8H16N2O.C7H8S/c1-10-6-7-11-8(10)2-4-9-5-3-8;1-6-2-4-7(8)5-3-6/h9H,2-7H2,1H3;2-5,8H,1H3. The second-order valence-corrected chi connectivity index (χ2v) is 5.82. The maximum Gasteiger partial charge on any atom is 0.124 e. The molecular formula is C15H24N2OS. The summed E-state index contributed by atoms with van der Waals surface area (Å²) in [7, 11) is 2.16. The fraction of sp³-hybridized carbons (Fsp3) is 0.600. The van der Waals surface area contributed by atoms with Crippen molar-refractivity contribution in [3.63, 3.8) is 0 Å². The highest BCUT2D eigenvalue weighted by Crippen LogP contribution is 2.30. The van der Waals surface area contributed by atoms with Gasteiger partial charge >= 0.3 is 0 Å². The number of rotatable bonds is 0. The van der Waals surface area contributed by atoms with E-state index in [2.05, 4.69) is 36.8 Å². The molecule has 1 aromatic rings. The molecule has 19 heavy (non-hydrogen) atoms. The molecule has 1 spiro atoms. The number of benzene rings is 1. The lowest BCUT2D eigenvalue weighted by Gasteiger charge is -2.38. The van der Waals surface area contributed by atoms with E-state index in [4.69, 9.17) is 4.74 Å². The minimum atomic E-state index is 0.102. The van der Waals surface area contributed by atoms with E-state index in [0.29, 0.717) is 0 Å². The van der Waals surface area contributed by atoms with Gasteiger partial charge in [-0.05, 0) is 39.2 Å². The van der Waals surface area contributed by atoms with Gasteiger partial charge in [-0.3, -0.25) is 4.90 Å². The summed E-state index contributed by atoms with van der Waals surface area (Å²) in [5, 5.41) is 3.35. The van der Waals surface area contributed by atoms with Crippen LogP contribution in [0.4, 0.5) is 0 Å². The number of hydrogen-bond acceptors (Lipinski definition) is 4. The number of nitrogens with one attached hydrogen (secondary N) is 1. The van der Waals surface area contributed by atoms with Crippen molar-refractivity contribution in [1.82, 2.24) is 10.2 Å². The van der Waals surface area contributed by atoms with E-state index in [-0.39, 0.29) is 5.72 Å². The summed E-state index contributed by atoms with van der Waals surface area (Å²) in [5.41, 5.74) is 1.38. The van der Waals surface area contributed by atoms with Gasteiger partial charge in [-0.1, -0.05) is 17.7 Å². The third kappa shape index (κ3) is 3.96. The predicted octanol–water partition coefficient (Wildman–Crippen LogP) is 2.31. The molecule has 0 unspecified atom stereocenters. The van der Waals surface area contributed by atoms with Crippen LogP contribution in [0.25, 0.3) is 0 Å². The minimum absolute atomic E-state index is 0.102. The van der Waals surface area contributed by atoms with E-state index < -0.39 is 0 Å². The molecule has 0 aliphatic carbocycles. The molecular weight excluding hydrogens is 256 g/mol. The van der Waals surface area contributed by atoms with E-state index in [1.807, 2.05) is 24.3 Å². The molecule has 0 saturated carbocycles. The van der Waals surface area contributed by atoms with Crippen molar-refractivity contribution in [2.45, 2.75) is 30.4 Å². The summed E-state index contributed by atoms with van der Waals surface area (Å²) < 4.78 is 5.78. The van der Waals surface area contributed by atoms with Crippen molar-refractivity contribution in [3.8, 4) is 0 Å². The van der Waals surface area contributed by atoms with Gasteiger partial charge in [0.25, 0.3) is 0 Å². The number of aryl methyl sites for hydroxylation is 1. The molecule has 2 fully saturated rings. The number of thiol groups is 1. The molecule has 2 heterocycles. The summed E-state index contributed by atoms with van der Waals surface area (Å²) in [4.78, 5) is 3.38. The van der Waals surface area contributed by atoms with Crippen molar-refractivity contribution >= 4 is 12.6 Å². The number of nitrogens with zero attached hydrogens (tertiary/aromatic N) is 1. The fourth-order valence-electron chi connectivity index (χ4n) is 2.57. The topological polar surface area (TPSA) is 24.5 Å². The molecule has 0 bridgehead atoms. The SMILES string of the molecule is CN1CCOC12CCNCC2.Cc1ccc(S)cc1. The van der Waals surface area contributed by atoms with Gasteiger partial charge in [0.15, 0.2) is 0 Å². The molecule has 0 atom stereocenters. The Morgan fingerprint density at radius 1 is 1.21 bits per heavy atom. The largest absolute Gasteiger partial charge is 0.359 e. The fourth-order valence-corrected chi connectivity index (χ4v) is 2.72. The highest BCUT2D eigenvalue weighted by molar-refractivity contribution is 7.80. The Bertz CT molecular complexity index is 367. The number of likely N-dealkylation sites (N-methyl/N-ethyl adjacent to an activating group) is 1. The highest BCUT2D eigenvalue weighted by atomic mass is 32.1. The van der Waals surface area contributed by atoms with Crippen molar-refractivity contribution in [2.24, 2.45) is 0 Å². The molecule has 3 rings (SSSR count). The minimum Gasteiger partial charge on any atom is -0.359 e. The van der Waals surface area contributed by atoms with Gasteiger partial charge in [-0.25, -0.2) is 0 Å². The quantitative estimate of drug-likeness (QED) is 0.713. The first-order valence-electron chi connectivity index (χ1n) is 6.94. The van der Waals surface area contributed by atoms with E-state index in [0.717, 1.165) is 44.0 Å². The Morgan fingerprint density at radius 3 is 2.32 bits per heavy atom. The zero-order chi connectivity index (χ0) is 13.7. The molecule has 2 saturated heterocycles. The lowest BCUT2D eigenvalue weighted by molar-refractivity contribution is -0.0923. The monoisotopic (exact) mass is 280 g/mol.